The minimum Gasteiger partial charge on any atom is -0.497 e. The van der Waals surface area contributed by atoms with Crippen LogP contribution in [0.4, 0.5) is 5.69 Å². The Kier molecular flexibility index (Phi) is 8.24. The Hall–Kier alpha value is -5.19. The molecule has 0 saturated carbocycles. The van der Waals surface area contributed by atoms with Crippen LogP contribution in [0.1, 0.15) is 45.8 Å². The number of carboxylic acids is 1. The van der Waals surface area contributed by atoms with Crippen LogP contribution in [-0.2, 0) is 4.79 Å². The van der Waals surface area contributed by atoms with Gasteiger partial charge in [-0.05, 0) is 80.4 Å². The zero-order valence-corrected chi connectivity index (χ0v) is 26.8. The van der Waals surface area contributed by atoms with Gasteiger partial charge in [-0.1, -0.05) is 52.8 Å². The number of furan rings is 1. The van der Waals surface area contributed by atoms with Crippen molar-refractivity contribution in [3.05, 3.63) is 137 Å². The number of nitrogens with one attached hydrogen (secondary N) is 1. The number of carbonyl (C=O) groups is 2. The number of benzene rings is 3. The van der Waals surface area contributed by atoms with Crippen molar-refractivity contribution in [3.63, 3.8) is 0 Å². The summed E-state index contributed by atoms with van der Waals surface area (Å²) in [6.45, 7) is 5.68. The molecule has 0 aliphatic carbocycles. The first-order valence-corrected chi connectivity index (χ1v) is 15.4. The number of halogens is 1. The van der Waals surface area contributed by atoms with Crippen molar-refractivity contribution in [2.24, 2.45) is 4.99 Å². The number of fused-ring (bicyclic) bond motifs is 1. The van der Waals surface area contributed by atoms with Crippen LogP contribution in [0.15, 0.2) is 98.3 Å². The lowest BCUT2D eigenvalue weighted by molar-refractivity contribution is -0.113. The van der Waals surface area contributed by atoms with Crippen molar-refractivity contribution in [2.75, 3.05) is 12.4 Å². The van der Waals surface area contributed by atoms with E-state index >= 15 is 0 Å². The Balaban J connectivity index is 1.43. The number of aromatic nitrogens is 1. The molecule has 2 aromatic heterocycles. The molecule has 1 amide bonds. The van der Waals surface area contributed by atoms with Gasteiger partial charge in [0.25, 0.3) is 11.5 Å². The highest BCUT2D eigenvalue weighted by atomic mass is 35.5. The number of rotatable bonds is 7. The summed E-state index contributed by atoms with van der Waals surface area (Å²) in [6.07, 6.45) is 1.61. The van der Waals surface area contributed by atoms with Crippen LogP contribution in [0.2, 0.25) is 5.02 Å². The molecule has 1 atom stereocenters. The molecule has 9 nitrogen and oxygen atoms in total. The maximum atomic E-state index is 14.1. The maximum Gasteiger partial charge on any atom is 0.337 e. The molecule has 11 heteroatoms. The summed E-state index contributed by atoms with van der Waals surface area (Å²) in [4.78, 5) is 44.7. The fourth-order valence-corrected chi connectivity index (χ4v) is 6.64. The first kappa shape index (κ1) is 30.8. The van der Waals surface area contributed by atoms with Crippen molar-refractivity contribution in [2.45, 2.75) is 26.8 Å². The molecule has 0 unspecified atom stereocenters. The predicted octanol–water partition coefficient (Wildman–Crippen LogP) is 6.11. The molecular weight excluding hydrogens is 626 g/mol. The lowest BCUT2D eigenvalue weighted by Crippen LogP contribution is -2.40. The molecule has 5 aromatic rings. The Bertz CT molecular complexity index is 2240. The minimum absolute atomic E-state index is 0.0447. The number of hydrogen-bond acceptors (Lipinski definition) is 7. The number of ether oxygens (including phenoxy) is 1. The first-order valence-electron chi connectivity index (χ1n) is 14.2. The molecule has 1 aliphatic heterocycles. The standard InChI is InChI=1S/C35H28ClN3O6S/c1-18-5-13-27(19(2)15-18)38-32(40)30-20(3)37-35-39(31(30)21-6-9-23(44-4)10-7-21)33(41)29(46-35)17-24-11-14-28(45-24)22-8-12-26(36)25(16-22)34(42)43/h5-17,31H,1-4H3,(H,38,40)(H,42,43)/b29-17-/t31-/m1/s1. The smallest absolute Gasteiger partial charge is 0.337 e. The monoisotopic (exact) mass is 653 g/mol. The highest BCUT2D eigenvalue weighted by molar-refractivity contribution is 7.07. The third-order valence-corrected chi connectivity index (χ3v) is 9.02. The highest BCUT2D eigenvalue weighted by Gasteiger charge is 2.33. The minimum atomic E-state index is -1.15. The lowest BCUT2D eigenvalue weighted by Gasteiger charge is -2.25. The van der Waals surface area contributed by atoms with Gasteiger partial charge >= 0.3 is 5.97 Å². The normalized spacial score (nSPS) is 14.5. The molecule has 0 radical (unpaired) electrons. The van der Waals surface area contributed by atoms with Crippen LogP contribution in [0.25, 0.3) is 17.4 Å². The number of amides is 1. The first-order chi connectivity index (χ1) is 22.0. The summed E-state index contributed by atoms with van der Waals surface area (Å²) in [6, 6.07) is 20.2. The van der Waals surface area contributed by atoms with Gasteiger partial charge in [-0.25, -0.2) is 9.79 Å². The predicted molar refractivity (Wildman–Crippen MR) is 177 cm³/mol. The van der Waals surface area contributed by atoms with Gasteiger partial charge in [0.2, 0.25) is 0 Å². The van der Waals surface area contributed by atoms with Crippen LogP contribution < -0.4 is 24.9 Å². The fraction of sp³-hybridized carbons (Fsp3) is 0.143. The van der Waals surface area contributed by atoms with Gasteiger partial charge in [0, 0.05) is 17.3 Å². The zero-order valence-electron chi connectivity index (χ0n) is 25.3. The number of hydrogen-bond donors (Lipinski definition) is 2. The molecule has 46 heavy (non-hydrogen) atoms. The Morgan fingerprint density at radius 3 is 2.50 bits per heavy atom. The summed E-state index contributed by atoms with van der Waals surface area (Å²) < 4.78 is 13.2. The van der Waals surface area contributed by atoms with Crippen LogP contribution in [0.3, 0.4) is 0 Å². The van der Waals surface area contributed by atoms with E-state index in [1.165, 1.54) is 28.0 Å². The maximum absolute atomic E-state index is 14.1. The van der Waals surface area contributed by atoms with E-state index < -0.39 is 12.0 Å². The number of aryl methyl sites for hydroxylation is 2. The Morgan fingerprint density at radius 1 is 1.04 bits per heavy atom. The molecule has 6 rings (SSSR count). The second-order valence-electron chi connectivity index (χ2n) is 10.8. The van der Waals surface area contributed by atoms with E-state index in [-0.39, 0.29) is 22.1 Å². The van der Waals surface area contributed by atoms with Crippen molar-refractivity contribution in [3.8, 4) is 17.1 Å². The van der Waals surface area contributed by atoms with Crippen molar-refractivity contribution in [1.29, 1.82) is 0 Å². The van der Waals surface area contributed by atoms with E-state index in [2.05, 4.69) is 5.32 Å². The number of aromatic carboxylic acids is 1. The van der Waals surface area contributed by atoms with E-state index in [1.807, 2.05) is 44.2 Å². The molecule has 3 aromatic carbocycles. The number of anilines is 1. The zero-order chi connectivity index (χ0) is 32.7. The van der Waals surface area contributed by atoms with Crippen LogP contribution in [-0.4, -0.2) is 28.7 Å². The fourth-order valence-electron chi connectivity index (χ4n) is 5.41. The summed E-state index contributed by atoms with van der Waals surface area (Å²) in [7, 11) is 1.57. The van der Waals surface area contributed by atoms with E-state index in [0.29, 0.717) is 54.7 Å². The second kappa shape index (κ2) is 12.3. The van der Waals surface area contributed by atoms with Gasteiger partial charge in [-0.15, -0.1) is 0 Å². The Morgan fingerprint density at radius 2 is 1.80 bits per heavy atom. The molecule has 1 aliphatic rings. The summed E-state index contributed by atoms with van der Waals surface area (Å²) >= 11 is 7.21. The number of carbonyl (C=O) groups excluding carboxylic acids is 1. The van der Waals surface area contributed by atoms with Crippen molar-refractivity contribution >= 4 is 46.6 Å². The molecule has 0 fully saturated rings. The van der Waals surface area contributed by atoms with E-state index in [4.69, 9.17) is 25.7 Å². The number of allylic oxidation sites excluding steroid dienone is 1. The molecule has 2 N–H and O–H groups in total. The van der Waals surface area contributed by atoms with Crippen molar-refractivity contribution in [1.82, 2.24) is 4.57 Å². The molecular formula is C35H28ClN3O6S. The largest absolute Gasteiger partial charge is 0.497 e. The van der Waals surface area contributed by atoms with E-state index in [9.17, 15) is 19.5 Å². The topological polar surface area (TPSA) is 123 Å². The summed E-state index contributed by atoms with van der Waals surface area (Å²) in [5, 5.41) is 12.6. The lowest BCUT2D eigenvalue weighted by atomic mass is 9.95. The van der Waals surface area contributed by atoms with Gasteiger partial charge in [0.1, 0.15) is 17.3 Å². The van der Waals surface area contributed by atoms with Crippen molar-refractivity contribution < 1.29 is 23.8 Å². The van der Waals surface area contributed by atoms with Gasteiger partial charge in [-0.3, -0.25) is 14.2 Å². The Labute approximate surface area is 272 Å². The number of thiazole rings is 1. The summed E-state index contributed by atoms with van der Waals surface area (Å²) in [5.41, 5.74) is 4.36. The SMILES string of the molecule is COc1ccc([C@@H]2C(C(=O)Nc3ccc(C)cc3C)=C(C)N=c3s/c(=C\c4ccc(-c5ccc(Cl)c(C(=O)O)c5)o4)c(=O)n32)cc1. The molecule has 0 bridgehead atoms. The summed E-state index contributed by atoms with van der Waals surface area (Å²) in [5.74, 6) is -0.0683. The number of methoxy groups -OCH3 is 1. The number of nitrogens with zero attached hydrogens (tertiary/aromatic N) is 2. The van der Waals surface area contributed by atoms with E-state index in [0.717, 1.165) is 11.1 Å². The molecule has 0 saturated heterocycles. The van der Waals surface area contributed by atoms with Gasteiger partial charge in [0.15, 0.2) is 4.80 Å². The third kappa shape index (κ3) is 5.80. The number of carboxylic acid groups (broad SMARTS) is 1. The second-order valence-corrected chi connectivity index (χ2v) is 12.2. The average Bonchev–Trinajstić information content (AvgIpc) is 3.62. The highest BCUT2D eigenvalue weighted by Crippen LogP contribution is 2.32. The molecule has 0 spiro atoms. The van der Waals surface area contributed by atoms with Crippen LogP contribution in [0, 0.1) is 13.8 Å². The van der Waals surface area contributed by atoms with Gasteiger partial charge in [-0.2, -0.15) is 0 Å². The average molecular weight is 654 g/mol. The van der Waals surface area contributed by atoms with Gasteiger partial charge in [0.05, 0.1) is 39.5 Å². The quantitative estimate of drug-likeness (QED) is 0.219. The van der Waals surface area contributed by atoms with Crippen LogP contribution >= 0.6 is 22.9 Å². The van der Waals surface area contributed by atoms with E-state index in [1.54, 1.807) is 50.4 Å². The molecule has 3 heterocycles. The van der Waals surface area contributed by atoms with Crippen LogP contribution in [0.5, 0.6) is 5.75 Å². The molecule has 232 valence electrons. The van der Waals surface area contributed by atoms with Gasteiger partial charge < -0.3 is 19.6 Å². The third-order valence-electron chi connectivity index (χ3n) is 7.71.